The summed E-state index contributed by atoms with van der Waals surface area (Å²) >= 11 is 0. The lowest BCUT2D eigenvalue weighted by Crippen LogP contribution is -2.48. The highest BCUT2D eigenvalue weighted by atomic mass is 16.5. The van der Waals surface area contributed by atoms with E-state index < -0.39 is 6.10 Å². The Morgan fingerprint density at radius 1 is 1.33 bits per heavy atom. The summed E-state index contributed by atoms with van der Waals surface area (Å²) in [5.41, 5.74) is -0.387. The van der Waals surface area contributed by atoms with Crippen molar-refractivity contribution in [2.24, 2.45) is 5.92 Å². The van der Waals surface area contributed by atoms with E-state index in [-0.39, 0.29) is 5.60 Å². The Hall–Kier alpha value is -0.940. The Balaban J connectivity index is 2.08. The fraction of sp³-hybridized carbons (Fsp3) is 0.875. The highest BCUT2D eigenvalue weighted by molar-refractivity contribution is 4.98. The van der Waals surface area contributed by atoms with Gasteiger partial charge in [0.05, 0.1) is 11.7 Å². The standard InChI is InChI=1S/C16H29N3O2/c1-4-21-16(8-6-5-7-9-16)14(20)10-15-17-12-18-19(15)11-13(2)3/h12-14,20H,4-11H2,1-3H3. The molecule has 21 heavy (non-hydrogen) atoms. The van der Waals surface area contributed by atoms with Gasteiger partial charge in [0.25, 0.3) is 0 Å². The molecule has 5 heteroatoms. The maximum absolute atomic E-state index is 10.8. The third kappa shape index (κ3) is 4.04. The maximum Gasteiger partial charge on any atom is 0.138 e. The van der Waals surface area contributed by atoms with Crippen LogP contribution in [-0.4, -0.2) is 38.2 Å². The third-order valence-electron chi connectivity index (χ3n) is 4.35. The predicted molar refractivity (Wildman–Crippen MR) is 82.0 cm³/mol. The molecule has 0 aromatic carbocycles. The lowest BCUT2D eigenvalue weighted by atomic mass is 9.79. The van der Waals surface area contributed by atoms with Gasteiger partial charge in [0.15, 0.2) is 0 Å². The van der Waals surface area contributed by atoms with Crippen molar-refractivity contribution < 1.29 is 9.84 Å². The maximum atomic E-state index is 10.8. The number of hydrogen-bond acceptors (Lipinski definition) is 4. The molecule has 1 fully saturated rings. The Labute approximate surface area is 127 Å². The van der Waals surface area contributed by atoms with Gasteiger partial charge in [-0.3, -0.25) is 0 Å². The third-order valence-corrected chi connectivity index (χ3v) is 4.35. The van der Waals surface area contributed by atoms with Crippen LogP contribution in [0.15, 0.2) is 6.33 Å². The van der Waals surface area contributed by atoms with Gasteiger partial charge >= 0.3 is 0 Å². The monoisotopic (exact) mass is 295 g/mol. The molecule has 1 heterocycles. The molecule has 2 rings (SSSR count). The molecule has 1 aliphatic carbocycles. The van der Waals surface area contributed by atoms with Crippen molar-refractivity contribution in [1.82, 2.24) is 14.8 Å². The first-order valence-electron chi connectivity index (χ1n) is 8.26. The number of hydrogen-bond donors (Lipinski definition) is 1. The molecule has 1 aliphatic rings. The van der Waals surface area contributed by atoms with E-state index in [1.54, 1.807) is 6.33 Å². The van der Waals surface area contributed by atoms with Gasteiger partial charge < -0.3 is 9.84 Å². The van der Waals surface area contributed by atoms with Gasteiger partial charge in [-0.2, -0.15) is 5.10 Å². The Bertz CT molecular complexity index is 419. The van der Waals surface area contributed by atoms with Gasteiger partial charge in [0.1, 0.15) is 12.2 Å². The lowest BCUT2D eigenvalue weighted by molar-refractivity contribution is -0.139. The summed E-state index contributed by atoms with van der Waals surface area (Å²) in [7, 11) is 0. The molecule has 0 aliphatic heterocycles. The van der Waals surface area contributed by atoms with Crippen molar-refractivity contribution in [1.29, 1.82) is 0 Å². The molecule has 1 saturated carbocycles. The van der Waals surface area contributed by atoms with E-state index in [0.29, 0.717) is 18.9 Å². The van der Waals surface area contributed by atoms with Crippen LogP contribution in [0.2, 0.25) is 0 Å². The minimum Gasteiger partial charge on any atom is -0.390 e. The van der Waals surface area contributed by atoms with Gasteiger partial charge in [-0.05, 0) is 25.7 Å². The molecule has 1 aromatic heterocycles. The van der Waals surface area contributed by atoms with E-state index in [2.05, 4.69) is 23.9 Å². The molecule has 0 bridgehead atoms. The van der Waals surface area contributed by atoms with Gasteiger partial charge in [0.2, 0.25) is 0 Å². The van der Waals surface area contributed by atoms with Crippen LogP contribution in [0.3, 0.4) is 0 Å². The van der Waals surface area contributed by atoms with Crippen LogP contribution in [-0.2, 0) is 17.7 Å². The second kappa shape index (κ2) is 7.36. The fourth-order valence-electron chi connectivity index (χ4n) is 3.31. The van der Waals surface area contributed by atoms with Crippen molar-refractivity contribution in [2.75, 3.05) is 6.61 Å². The van der Waals surface area contributed by atoms with E-state index in [4.69, 9.17) is 4.74 Å². The van der Waals surface area contributed by atoms with Crippen LogP contribution in [0.5, 0.6) is 0 Å². The largest absolute Gasteiger partial charge is 0.390 e. The molecular weight excluding hydrogens is 266 g/mol. The molecule has 0 spiro atoms. The van der Waals surface area contributed by atoms with Gasteiger partial charge in [-0.15, -0.1) is 0 Å². The minimum atomic E-state index is -0.507. The van der Waals surface area contributed by atoms with Gasteiger partial charge in [-0.25, -0.2) is 9.67 Å². The van der Waals surface area contributed by atoms with Crippen molar-refractivity contribution in [3.8, 4) is 0 Å². The van der Waals surface area contributed by atoms with Crippen molar-refractivity contribution in [2.45, 2.75) is 77.5 Å². The van der Waals surface area contributed by atoms with E-state index in [1.165, 1.54) is 6.42 Å². The average Bonchev–Trinajstić information content (AvgIpc) is 2.86. The van der Waals surface area contributed by atoms with Crippen LogP contribution in [0.4, 0.5) is 0 Å². The molecule has 120 valence electrons. The number of aliphatic hydroxyl groups is 1. The summed E-state index contributed by atoms with van der Waals surface area (Å²) in [5, 5.41) is 15.1. The Morgan fingerprint density at radius 3 is 2.67 bits per heavy atom. The van der Waals surface area contributed by atoms with Crippen molar-refractivity contribution in [3.05, 3.63) is 12.2 Å². The normalized spacial score (nSPS) is 19.9. The van der Waals surface area contributed by atoms with Crippen molar-refractivity contribution in [3.63, 3.8) is 0 Å². The summed E-state index contributed by atoms with van der Waals surface area (Å²) in [4.78, 5) is 4.33. The Kier molecular flexibility index (Phi) is 5.76. The predicted octanol–water partition coefficient (Wildman–Crippen LogP) is 2.58. The summed E-state index contributed by atoms with van der Waals surface area (Å²) in [6.07, 6.45) is 7.00. The molecule has 1 N–H and O–H groups in total. The zero-order valence-corrected chi connectivity index (χ0v) is 13.6. The van der Waals surface area contributed by atoms with E-state index in [1.807, 2.05) is 11.6 Å². The SMILES string of the molecule is CCOC1(C(O)Cc2ncnn2CC(C)C)CCCCC1. The second-order valence-corrected chi connectivity index (χ2v) is 6.53. The van der Waals surface area contributed by atoms with Crippen LogP contribution >= 0.6 is 0 Å². The highest BCUT2D eigenvalue weighted by Gasteiger charge is 2.40. The van der Waals surface area contributed by atoms with Crippen molar-refractivity contribution >= 4 is 0 Å². The van der Waals surface area contributed by atoms with Crippen LogP contribution in [0, 0.1) is 5.92 Å². The summed E-state index contributed by atoms with van der Waals surface area (Å²) in [6, 6.07) is 0. The molecule has 0 radical (unpaired) electrons. The van der Waals surface area contributed by atoms with E-state index >= 15 is 0 Å². The summed E-state index contributed by atoms with van der Waals surface area (Å²) in [5.74, 6) is 1.37. The second-order valence-electron chi connectivity index (χ2n) is 6.53. The molecule has 1 unspecified atom stereocenters. The molecule has 5 nitrogen and oxygen atoms in total. The fourth-order valence-corrected chi connectivity index (χ4v) is 3.31. The lowest BCUT2D eigenvalue weighted by Gasteiger charge is -2.40. The van der Waals surface area contributed by atoms with E-state index in [0.717, 1.165) is 38.1 Å². The first-order valence-corrected chi connectivity index (χ1v) is 8.26. The van der Waals surface area contributed by atoms with Gasteiger partial charge in [-0.1, -0.05) is 33.1 Å². The zero-order valence-electron chi connectivity index (χ0n) is 13.6. The quantitative estimate of drug-likeness (QED) is 0.840. The number of aromatic nitrogens is 3. The number of nitrogens with zero attached hydrogens (tertiary/aromatic N) is 3. The smallest absolute Gasteiger partial charge is 0.138 e. The average molecular weight is 295 g/mol. The van der Waals surface area contributed by atoms with Crippen LogP contribution in [0.25, 0.3) is 0 Å². The number of ether oxygens (including phenoxy) is 1. The highest BCUT2D eigenvalue weighted by Crippen LogP contribution is 2.35. The molecule has 1 aromatic rings. The molecule has 0 saturated heterocycles. The summed E-state index contributed by atoms with van der Waals surface area (Å²) in [6.45, 7) is 7.80. The summed E-state index contributed by atoms with van der Waals surface area (Å²) < 4.78 is 7.91. The molecular formula is C16H29N3O2. The Morgan fingerprint density at radius 2 is 2.05 bits per heavy atom. The van der Waals surface area contributed by atoms with Crippen LogP contribution in [0.1, 0.15) is 58.7 Å². The van der Waals surface area contributed by atoms with E-state index in [9.17, 15) is 5.11 Å². The number of aliphatic hydroxyl groups excluding tert-OH is 1. The zero-order chi connectivity index (χ0) is 15.3. The first kappa shape index (κ1) is 16.4. The van der Waals surface area contributed by atoms with Gasteiger partial charge in [0, 0.05) is 19.6 Å². The molecule has 1 atom stereocenters. The topological polar surface area (TPSA) is 60.2 Å². The molecule has 0 amide bonds. The number of rotatable bonds is 7. The first-order chi connectivity index (χ1) is 10.1. The van der Waals surface area contributed by atoms with Crippen LogP contribution < -0.4 is 0 Å². The minimum absolute atomic E-state index is 0.387.